The zero-order valence-corrected chi connectivity index (χ0v) is 13.3. The van der Waals surface area contributed by atoms with E-state index in [-0.39, 0.29) is 34.0 Å². The number of nitrogens with zero attached hydrogens (tertiary/aromatic N) is 2. The Balaban J connectivity index is 0. The van der Waals surface area contributed by atoms with E-state index in [0.717, 1.165) is 11.3 Å². The molecule has 1 aromatic carbocycles. The average Bonchev–Trinajstić information content (AvgIpc) is 2.16. The predicted octanol–water partition coefficient (Wildman–Crippen LogP) is 2.73. The summed E-state index contributed by atoms with van der Waals surface area (Å²) >= 11 is 0. The predicted molar refractivity (Wildman–Crippen MR) is 85.0 cm³/mol. The number of hydrogen-bond acceptors (Lipinski definition) is 2. The Kier molecular flexibility index (Phi) is 9.98. The molecule has 0 fully saturated rings. The molecule has 0 aliphatic heterocycles. The molecule has 0 spiro atoms. The molecule has 96 valence electrons. The standard InChI is InChI=1S/C11H16N4.2BrH/c1-8(12)14-7-10-3-5-11(6-4-10)15-9(2)13;;/h3-6H,7H2,1-2H3,(H2,12,14)(H2,13,15);2*1H. The van der Waals surface area contributed by atoms with Crippen LogP contribution in [0, 0.1) is 0 Å². The smallest absolute Gasteiger partial charge is 0.0964 e. The van der Waals surface area contributed by atoms with Crippen LogP contribution in [0.2, 0.25) is 0 Å². The van der Waals surface area contributed by atoms with Gasteiger partial charge < -0.3 is 11.5 Å². The van der Waals surface area contributed by atoms with Gasteiger partial charge in [-0.1, -0.05) is 12.1 Å². The Hall–Kier alpha value is -0.880. The highest BCUT2D eigenvalue weighted by molar-refractivity contribution is 8.93. The minimum atomic E-state index is 0. The summed E-state index contributed by atoms with van der Waals surface area (Å²) in [6.45, 7) is 4.14. The summed E-state index contributed by atoms with van der Waals surface area (Å²) in [5.41, 5.74) is 12.9. The van der Waals surface area contributed by atoms with Gasteiger partial charge in [0.2, 0.25) is 0 Å². The lowest BCUT2D eigenvalue weighted by Gasteiger charge is -1.99. The molecule has 0 aliphatic rings. The first-order chi connectivity index (χ1) is 7.08. The van der Waals surface area contributed by atoms with E-state index in [1.54, 1.807) is 13.8 Å². The number of nitrogens with two attached hydrogens (primary N) is 2. The van der Waals surface area contributed by atoms with Gasteiger partial charge in [0.1, 0.15) is 0 Å². The topological polar surface area (TPSA) is 76.8 Å². The largest absolute Gasteiger partial charge is 0.388 e. The molecule has 0 saturated carbocycles. The SMILES string of the molecule is Br.Br.CC(N)=NCc1ccc(N=C(C)N)cc1. The highest BCUT2D eigenvalue weighted by Crippen LogP contribution is 2.13. The van der Waals surface area contributed by atoms with Crippen LogP contribution in [0.4, 0.5) is 5.69 Å². The second kappa shape index (κ2) is 9.18. The number of hydrogen-bond donors (Lipinski definition) is 2. The van der Waals surface area contributed by atoms with E-state index < -0.39 is 0 Å². The van der Waals surface area contributed by atoms with Crippen LogP contribution in [0.1, 0.15) is 19.4 Å². The van der Waals surface area contributed by atoms with Gasteiger partial charge in [-0.2, -0.15) is 0 Å². The van der Waals surface area contributed by atoms with Gasteiger partial charge in [-0.3, -0.25) is 4.99 Å². The molecule has 6 heteroatoms. The first-order valence-electron chi connectivity index (χ1n) is 4.74. The molecule has 0 bridgehead atoms. The second-order valence-electron chi connectivity index (χ2n) is 3.38. The van der Waals surface area contributed by atoms with E-state index in [1.807, 2.05) is 24.3 Å². The average molecular weight is 366 g/mol. The third-order valence-corrected chi connectivity index (χ3v) is 1.75. The van der Waals surface area contributed by atoms with Crippen LogP contribution in [0.25, 0.3) is 0 Å². The van der Waals surface area contributed by atoms with Crippen LogP contribution in [-0.2, 0) is 6.54 Å². The lowest BCUT2D eigenvalue weighted by atomic mass is 10.2. The zero-order valence-electron chi connectivity index (χ0n) is 9.88. The zero-order chi connectivity index (χ0) is 11.3. The van der Waals surface area contributed by atoms with Gasteiger partial charge in [-0.25, -0.2) is 4.99 Å². The third kappa shape index (κ3) is 7.93. The fourth-order valence-electron chi connectivity index (χ4n) is 1.10. The molecule has 17 heavy (non-hydrogen) atoms. The van der Waals surface area contributed by atoms with Gasteiger partial charge in [0.15, 0.2) is 0 Å². The molecule has 0 aliphatic carbocycles. The minimum Gasteiger partial charge on any atom is -0.388 e. The molecule has 0 amide bonds. The fourth-order valence-corrected chi connectivity index (χ4v) is 1.10. The Morgan fingerprint density at radius 1 is 1.00 bits per heavy atom. The van der Waals surface area contributed by atoms with Crippen molar-refractivity contribution in [2.24, 2.45) is 21.5 Å². The summed E-state index contributed by atoms with van der Waals surface area (Å²) < 4.78 is 0. The second-order valence-corrected chi connectivity index (χ2v) is 3.38. The maximum atomic E-state index is 5.47. The van der Waals surface area contributed by atoms with E-state index in [1.165, 1.54) is 0 Å². The van der Waals surface area contributed by atoms with Gasteiger partial charge in [0, 0.05) is 0 Å². The Labute approximate surface area is 123 Å². The van der Waals surface area contributed by atoms with E-state index >= 15 is 0 Å². The fraction of sp³-hybridized carbons (Fsp3) is 0.273. The monoisotopic (exact) mass is 364 g/mol. The van der Waals surface area contributed by atoms with Gasteiger partial charge >= 0.3 is 0 Å². The Morgan fingerprint density at radius 3 is 1.94 bits per heavy atom. The van der Waals surface area contributed by atoms with Gasteiger partial charge in [0.25, 0.3) is 0 Å². The van der Waals surface area contributed by atoms with Gasteiger partial charge in [-0.05, 0) is 31.5 Å². The summed E-state index contributed by atoms with van der Waals surface area (Å²) in [6, 6.07) is 7.75. The van der Waals surface area contributed by atoms with Crippen molar-refractivity contribution in [3.63, 3.8) is 0 Å². The van der Waals surface area contributed by atoms with E-state index in [4.69, 9.17) is 11.5 Å². The first kappa shape index (κ1) is 18.5. The number of amidine groups is 2. The van der Waals surface area contributed by atoms with Crippen LogP contribution in [0.3, 0.4) is 0 Å². The van der Waals surface area contributed by atoms with Crippen molar-refractivity contribution in [2.75, 3.05) is 0 Å². The normalized spacial score (nSPS) is 11.4. The van der Waals surface area contributed by atoms with Gasteiger partial charge in [0.05, 0.1) is 23.9 Å². The van der Waals surface area contributed by atoms with Crippen molar-refractivity contribution >= 4 is 51.3 Å². The summed E-state index contributed by atoms with van der Waals surface area (Å²) in [7, 11) is 0. The van der Waals surface area contributed by atoms with Crippen LogP contribution in [0.15, 0.2) is 34.3 Å². The highest BCUT2D eigenvalue weighted by atomic mass is 79.9. The molecule has 0 radical (unpaired) electrons. The lowest BCUT2D eigenvalue weighted by molar-refractivity contribution is 1.06. The van der Waals surface area contributed by atoms with Crippen molar-refractivity contribution < 1.29 is 0 Å². The molecule has 1 aromatic rings. The molecule has 0 heterocycles. The van der Waals surface area contributed by atoms with E-state index in [9.17, 15) is 0 Å². The van der Waals surface area contributed by atoms with Crippen molar-refractivity contribution in [2.45, 2.75) is 20.4 Å². The number of aliphatic imine (C=N–C) groups is 2. The number of benzene rings is 1. The first-order valence-corrected chi connectivity index (χ1v) is 4.74. The maximum absolute atomic E-state index is 5.47. The van der Waals surface area contributed by atoms with Crippen LogP contribution in [0.5, 0.6) is 0 Å². The minimum absolute atomic E-state index is 0. The van der Waals surface area contributed by atoms with Crippen molar-refractivity contribution in [1.29, 1.82) is 0 Å². The van der Waals surface area contributed by atoms with Crippen molar-refractivity contribution in [3.8, 4) is 0 Å². The van der Waals surface area contributed by atoms with Crippen molar-refractivity contribution in [3.05, 3.63) is 29.8 Å². The molecular weight excluding hydrogens is 348 g/mol. The molecule has 4 N–H and O–H groups in total. The summed E-state index contributed by atoms with van der Waals surface area (Å²) in [5, 5.41) is 0. The molecule has 1 rings (SSSR count). The third-order valence-electron chi connectivity index (χ3n) is 1.75. The van der Waals surface area contributed by atoms with Crippen LogP contribution in [-0.4, -0.2) is 11.7 Å². The molecule has 0 aromatic heterocycles. The molecule has 0 atom stereocenters. The molecule has 4 nitrogen and oxygen atoms in total. The van der Waals surface area contributed by atoms with E-state index in [2.05, 4.69) is 9.98 Å². The lowest BCUT2D eigenvalue weighted by Crippen LogP contribution is -2.05. The van der Waals surface area contributed by atoms with Gasteiger partial charge in [-0.15, -0.1) is 34.0 Å². The van der Waals surface area contributed by atoms with Crippen LogP contribution >= 0.6 is 34.0 Å². The molecule has 0 saturated heterocycles. The summed E-state index contributed by atoms with van der Waals surface area (Å²) in [4.78, 5) is 8.25. The molecular formula is C11H18Br2N4. The number of halogens is 2. The highest BCUT2D eigenvalue weighted by Gasteiger charge is 1.92. The van der Waals surface area contributed by atoms with Crippen LogP contribution < -0.4 is 11.5 Å². The molecule has 0 unspecified atom stereocenters. The quantitative estimate of drug-likeness (QED) is 0.638. The van der Waals surface area contributed by atoms with E-state index in [0.29, 0.717) is 18.2 Å². The summed E-state index contributed by atoms with van der Waals surface area (Å²) in [6.07, 6.45) is 0. The van der Waals surface area contributed by atoms with Crippen molar-refractivity contribution in [1.82, 2.24) is 0 Å². The number of rotatable bonds is 3. The Morgan fingerprint density at radius 2 is 1.53 bits per heavy atom. The maximum Gasteiger partial charge on any atom is 0.0964 e. The Bertz CT molecular complexity index is 377. The summed E-state index contributed by atoms with van der Waals surface area (Å²) in [5.74, 6) is 1.15.